The van der Waals surface area contributed by atoms with Gasteiger partial charge in [0.25, 0.3) is 5.91 Å². The maximum Gasteiger partial charge on any atom is 0.272 e. The normalized spacial score (nSPS) is 11.0. The number of phenols is 1. The zero-order valence-corrected chi connectivity index (χ0v) is 17.3. The van der Waals surface area contributed by atoms with Crippen LogP contribution in [0.1, 0.15) is 21.2 Å². The van der Waals surface area contributed by atoms with E-state index in [0.29, 0.717) is 27.3 Å². The molecule has 7 nitrogen and oxygen atoms in total. The largest absolute Gasteiger partial charge is 0.503 e. The molecule has 0 saturated carbocycles. The summed E-state index contributed by atoms with van der Waals surface area (Å²) in [5.41, 5.74) is 0.877. The van der Waals surface area contributed by atoms with E-state index in [-0.39, 0.29) is 22.8 Å². The first-order chi connectivity index (χ1) is 14.8. The number of carbonyl (C=O) groups is 1. The van der Waals surface area contributed by atoms with Crippen molar-refractivity contribution in [2.24, 2.45) is 0 Å². The van der Waals surface area contributed by atoms with Crippen LogP contribution in [-0.2, 0) is 6.54 Å². The lowest BCUT2D eigenvalue weighted by Gasteiger charge is -2.03. The number of halogens is 3. The van der Waals surface area contributed by atoms with Crippen LogP contribution in [-0.4, -0.2) is 31.2 Å². The summed E-state index contributed by atoms with van der Waals surface area (Å²) < 4.78 is 41.5. The zero-order chi connectivity index (χ0) is 22.1. The van der Waals surface area contributed by atoms with Gasteiger partial charge in [-0.3, -0.25) is 4.79 Å². The molecule has 0 aliphatic carbocycles. The van der Waals surface area contributed by atoms with Gasteiger partial charge in [0.05, 0.1) is 28.4 Å². The summed E-state index contributed by atoms with van der Waals surface area (Å²) in [7, 11) is 0. The van der Waals surface area contributed by atoms with Gasteiger partial charge in [-0.15, -0.1) is 27.8 Å². The Labute approximate surface area is 181 Å². The van der Waals surface area contributed by atoms with Gasteiger partial charge in [-0.1, -0.05) is 0 Å². The summed E-state index contributed by atoms with van der Waals surface area (Å²) in [6.45, 7) is 1.90. The molecule has 0 unspecified atom stereocenters. The van der Waals surface area contributed by atoms with Crippen molar-refractivity contribution in [2.75, 3.05) is 0 Å². The van der Waals surface area contributed by atoms with Crippen molar-refractivity contribution >= 4 is 28.6 Å². The Kier molecular flexibility index (Phi) is 5.65. The SMILES string of the molecule is Cc1nc(CNC(=O)c2cccnn2)sc1-c1csc(-c2cc(F)c(O)c(F)c2F)n1. The monoisotopic (exact) mass is 463 g/mol. The van der Waals surface area contributed by atoms with Crippen LogP contribution < -0.4 is 5.32 Å². The van der Waals surface area contributed by atoms with E-state index in [1.165, 1.54) is 23.6 Å². The highest BCUT2D eigenvalue weighted by Crippen LogP contribution is 2.37. The van der Waals surface area contributed by atoms with Crippen LogP contribution in [0.5, 0.6) is 5.75 Å². The van der Waals surface area contributed by atoms with E-state index in [1.807, 2.05) is 0 Å². The molecule has 31 heavy (non-hydrogen) atoms. The lowest BCUT2D eigenvalue weighted by atomic mass is 10.2. The zero-order valence-electron chi connectivity index (χ0n) is 15.7. The van der Waals surface area contributed by atoms with Crippen LogP contribution >= 0.6 is 22.7 Å². The Hall–Kier alpha value is -3.38. The molecule has 0 radical (unpaired) electrons. The Morgan fingerprint density at radius 2 is 2.03 bits per heavy atom. The number of thiazole rings is 2. The topological polar surface area (TPSA) is 101 Å². The molecule has 2 N–H and O–H groups in total. The number of nitrogens with one attached hydrogen (secondary N) is 1. The summed E-state index contributed by atoms with van der Waals surface area (Å²) >= 11 is 2.27. The summed E-state index contributed by atoms with van der Waals surface area (Å²) in [5.74, 6) is -6.09. The molecule has 1 amide bonds. The van der Waals surface area contributed by atoms with Crippen molar-refractivity contribution in [3.05, 3.63) is 63.6 Å². The third kappa shape index (κ3) is 4.11. The second kappa shape index (κ2) is 8.40. The van der Waals surface area contributed by atoms with Crippen LogP contribution in [0.3, 0.4) is 0 Å². The first-order valence-corrected chi connectivity index (χ1v) is 10.4. The van der Waals surface area contributed by atoms with E-state index in [9.17, 15) is 23.1 Å². The van der Waals surface area contributed by atoms with Crippen molar-refractivity contribution in [1.29, 1.82) is 0 Å². The van der Waals surface area contributed by atoms with Crippen molar-refractivity contribution in [3.63, 3.8) is 0 Å². The predicted octanol–water partition coefficient (Wildman–Crippen LogP) is 4.08. The number of rotatable bonds is 5. The number of phenolic OH excluding ortho intramolecular Hbond substituents is 1. The molecule has 0 spiro atoms. The van der Waals surface area contributed by atoms with Gasteiger partial charge in [0.15, 0.2) is 23.1 Å². The van der Waals surface area contributed by atoms with E-state index in [2.05, 4.69) is 25.5 Å². The van der Waals surface area contributed by atoms with Gasteiger partial charge in [0, 0.05) is 11.6 Å². The summed E-state index contributed by atoms with van der Waals surface area (Å²) in [4.78, 5) is 21.4. The molecule has 0 atom stereocenters. The number of carbonyl (C=O) groups excluding carboxylic acids is 1. The van der Waals surface area contributed by atoms with Crippen molar-refractivity contribution in [2.45, 2.75) is 13.5 Å². The fraction of sp³-hybridized carbons (Fsp3) is 0.105. The number of aromatic nitrogens is 4. The van der Waals surface area contributed by atoms with Gasteiger partial charge >= 0.3 is 0 Å². The minimum Gasteiger partial charge on any atom is -0.503 e. The smallest absolute Gasteiger partial charge is 0.272 e. The molecule has 0 aliphatic rings. The second-order valence-corrected chi connectivity index (χ2v) is 8.18. The average Bonchev–Trinajstić information content (AvgIpc) is 3.40. The summed E-state index contributed by atoms with van der Waals surface area (Å²) in [6.07, 6.45) is 1.46. The van der Waals surface area contributed by atoms with Crippen molar-refractivity contribution in [1.82, 2.24) is 25.5 Å². The number of nitrogens with zero attached hydrogens (tertiary/aromatic N) is 4. The second-order valence-electron chi connectivity index (χ2n) is 6.23. The summed E-state index contributed by atoms with van der Waals surface area (Å²) in [5, 5.41) is 21.5. The summed E-state index contributed by atoms with van der Waals surface area (Å²) in [6, 6.07) is 3.83. The third-order valence-corrected chi connectivity index (χ3v) is 6.20. The van der Waals surface area contributed by atoms with Gasteiger partial charge in [-0.2, -0.15) is 9.49 Å². The van der Waals surface area contributed by atoms with Crippen LogP contribution in [0.15, 0.2) is 29.8 Å². The van der Waals surface area contributed by atoms with Crippen LogP contribution in [0.4, 0.5) is 13.2 Å². The van der Waals surface area contributed by atoms with E-state index >= 15 is 0 Å². The van der Waals surface area contributed by atoms with Crippen LogP contribution in [0.2, 0.25) is 0 Å². The third-order valence-electron chi connectivity index (χ3n) is 4.15. The number of amides is 1. The molecule has 0 aliphatic heterocycles. The Balaban J connectivity index is 1.55. The fourth-order valence-corrected chi connectivity index (χ4v) is 4.54. The molecule has 0 bridgehead atoms. The molecule has 4 rings (SSSR count). The molecule has 12 heteroatoms. The molecule has 3 aromatic heterocycles. The number of hydrogen-bond acceptors (Lipinski definition) is 8. The van der Waals surface area contributed by atoms with Gasteiger partial charge < -0.3 is 10.4 Å². The maximum absolute atomic E-state index is 14.1. The molecular formula is C19H12F3N5O2S2. The standard InChI is InChI=1S/C19H12F3N5O2S2/c1-8-17(31-13(25-8)6-23-18(29)11-3-2-4-24-27-11)12-7-30-19(26-12)9-5-10(20)16(28)15(22)14(9)21/h2-5,7,28H,6H2,1H3,(H,23,29). The minimum atomic E-state index is -1.66. The molecule has 0 saturated heterocycles. The van der Waals surface area contributed by atoms with E-state index in [0.717, 1.165) is 11.3 Å². The van der Waals surface area contributed by atoms with E-state index in [4.69, 9.17) is 0 Å². The molecule has 3 heterocycles. The van der Waals surface area contributed by atoms with Gasteiger partial charge in [-0.25, -0.2) is 18.7 Å². The number of aromatic hydroxyl groups is 1. The lowest BCUT2D eigenvalue weighted by molar-refractivity contribution is 0.0945. The Morgan fingerprint density at radius 1 is 1.23 bits per heavy atom. The van der Waals surface area contributed by atoms with Gasteiger partial charge in [0.2, 0.25) is 5.82 Å². The Morgan fingerprint density at radius 3 is 2.77 bits per heavy atom. The van der Waals surface area contributed by atoms with E-state index < -0.39 is 29.1 Å². The molecule has 1 aromatic carbocycles. The fourth-order valence-electron chi connectivity index (χ4n) is 2.68. The van der Waals surface area contributed by atoms with Crippen LogP contribution in [0.25, 0.3) is 21.1 Å². The van der Waals surface area contributed by atoms with E-state index in [1.54, 1.807) is 18.4 Å². The number of benzene rings is 1. The Bertz CT molecular complexity index is 1280. The van der Waals surface area contributed by atoms with Crippen LogP contribution in [0, 0.1) is 24.4 Å². The lowest BCUT2D eigenvalue weighted by Crippen LogP contribution is -2.23. The molecule has 0 fully saturated rings. The number of hydrogen-bond donors (Lipinski definition) is 2. The quantitative estimate of drug-likeness (QED) is 0.433. The average molecular weight is 463 g/mol. The van der Waals surface area contributed by atoms with Crippen molar-refractivity contribution < 1.29 is 23.1 Å². The van der Waals surface area contributed by atoms with Crippen molar-refractivity contribution in [3.8, 4) is 26.9 Å². The molecule has 158 valence electrons. The molecule has 4 aromatic rings. The first kappa shape index (κ1) is 20.9. The predicted molar refractivity (Wildman–Crippen MR) is 108 cm³/mol. The van der Waals surface area contributed by atoms with Gasteiger partial charge in [-0.05, 0) is 25.1 Å². The number of aryl methyl sites for hydroxylation is 1. The molecular weight excluding hydrogens is 451 g/mol. The minimum absolute atomic E-state index is 0.0515. The maximum atomic E-state index is 14.1. The highest BCUT2D eigenvalue weighted by atomic mass is 32.1. The highest BCUT2D eigenvalue weighted by Gasteiger charge is 2.22. The van der Waals surface area contributed by atoms with Gasteiger partial charge in [0.1, 0.15) is 10.0 Å². The first-order valence-electron chi connectivity index (χ1n) is 8.70. The highest BCUT2D eigenvalue weighted by molar-refractivity contribution is 7.16.